The van der Waals surface area contributed by atoms with Crippen molar-refractivity contribution in [3.8, 4) is 0 Å². The van der Waals surface area contributed by atoms with Gasteiger partial charge in [0.25, 0.3) is 0 Å². The van der Waals surface area contributed by atoms with Crippen molar-refractivity contribution in [3.63, 3.8) is 0 Å². The van der Waals surface area contributed by atoms with Gasteiger partial charge in [-0.2, -0.15) is 0 Å². The molecule has 0 radical (unpaired) electrons. The maximum Gasteiger partial charge on any atom is 0.410 e. The second-order valence-corrected chi connectivity index (χ2v) is 7.97. The summed E-state index contributed by atoms with van der Waals surface area (Å²) in [5.74, 6) is 2.49. The summed E-state index contributed by atoms with van der Waals surface area (Å²) in [5, 5.41) is 4.32. The molecule has 0 spiro atoms. The lowest BCUT2D eigenvalue weighted by Gasteiger charge is -2.31. The molecule has 2 aliphatic heterocycles. The Hall–Kier alpha value is -1.46. The highest BCUT2D eigenvalue weighted by atomic mass is 16.7. The van der Waals surface area contributed by atoms with Crippen molar-refractivity contribution in [3.05, 3.63) is 0 Å². The number of carbonyl (C=O) groups is 1. The van der Waals surface area contributed by atoms with Gasteiger partial charge in [0.1, 0.15) is 5.60 Å². The molecular weight excluding hydrogens is 282 g/mol. The number of amidine groups is 1. The van der Waals surface area contributed by atoms with Gasteiger partial charge in [0, 0.05) is 25.6 Å². The predicted molar refractivity (Wildman–Crippen MR) is 83.3 cm³/mol. The lowest BCUT2D eigenvalue weighted by molar-refractivity contribution is -0.0670. The third kappa shape index (κ3) is 2.52. The first-order valence-electron chi connectivity index (χ1n) is 8.15. The second-order valence-electron chi connectivity index (χ2n) is 7.97. The van der Waals surface area contributed by atoms with Gasteiger partial charge >= 0.3 is 6.09 Å². The molecule has 0 aromatic rings. The monoisotopic (exact) mass is 309 g/mol. The van der Waals surface area contributed by atoms with Crippen LogP contribution in [0, 0.1) is 17.8 Å². The van der Waals surface area contributed by atoms with E-state index in [1.54, 1.807) is 0 Å². The smallest absolute Gasteiger partial charge is 0.410 e. The van der Waals surface area contributed by atoms with Crippen LogP contribution in [0.1, 0.15) is 41.5 Å². The van der Waals surface area contributed by atoms with Gasteiger partial charge in [-0.05, 0) is 53.4 Å². The van der Waals surface area contributed by atoms with Crippen LogP contribution < -0.4 is 0 Å². The quantitative estimate of drug-likeness (QED) is 0.786. The zero-order valence-electron chi connectivity index (χ0n) is 14.4. The lowest BCUT2D eigenvalue weighted by Crippen LogP contribution is -2.45. The van der Waals surface area contributed by atoms with Crippen molar-refractivity contribution < 1.29 is 14.4 Å². The minimum Gasteiger partial charge on any atom is -0.444 e. The largest absolute Gasteiger partial charge is 0.444 e. The Morgan fingerprint density at radius 2 is 1.95 bits per heavy atom. The molecule has 2 fully saturated rings. The third-order valence-corrected chi connectivity index (χ3v) is 4.75. The van der Waals surface area contributed by atoms with Crippen LogP contribution in [0.5, 0.6) is 0 Å². The van der Waals surface area contributed by atoms with Gasteiger partial charge in [0.2, 0.25) is 5.72 Å². The Morgan fingerprint density at radius 1 is 1.36 bits per heavy atom. The van der Waals surface area contributed by atoms with Crippen LogP contribution in [0.25, 0.3) is 0 Å². The molecule has 2 atom stereocenters. The molecule has 124 valence electrons. The summed E-state index contributed by atoms with van der Waals surface area (Å²) < 4.78 is 5.45. The second kappa shape index (κ2) is 4.77. The molecule has 3 aliphatic rings. The fourth-order valence-corrected chi connectivity index (χ4v) is 3.70. The standard InChI is InChI=1S/C16H27N3O3/c1-7-19-13(17-22-16(19,5)6)12-10-8-18(9-11(10)12)14(20)21-15(2,3)4/h10-12H,7-9H2,1-6H3. The van der Waals surface area contributed by atoms with Crippen molar-refractivity contribution in [2.24, 2.45) is 22.9 Å². The van der Waals surface area contributed by atoms with Gasteiger partial charge in [-0.1, -0.05) is 5.16 Å². The molecule has 0 N–H and O–H groups in total. The Morgan fingerprint density at radius 3 is 2.45 bits per heavy atom. The van der Waals surface area contributed by atoms with E-state index in [1.807, 2.05) is 39.5 Å². The van der Waals surface area contributed by atoms with E-state index in [9.17, 15) is 4.79 Å². The summed E-state index contributed by atoms with van der Waals surface area (Å²) >= 11 is 0. The molecule has 0 bridgehead atoms. The lowest BCUT2D eigenvalue weighted by atomic mass is 10.1. The van der Waals surface area contributed by atoms with E-state index < -0.39 is 5.60 Å². The van der Waals surface area contributed by atoms with Crippen LogP contribution in [0.2, 0.25) is 0 Å². The van der Waals surface area contributed by atoms with Gasteiger partial charge in [0.15, 0.2) is 5.84 Å². The number of carbonyl (C=O) groups excluding carboxylic acids is 1. The van der Waals surface area contributed by atoms with Crippen LogP contribution in [0.3, 0.4) is 0 Å². The number of nitrogens with zero attached hydrogens (tertiary/aromatic N) is 3. The van der Waals surface area contributed by atoms with E-state index in [1.165, 1.54) is 0 Å². The van der Waals surface area contributed by atoms with E-state index in [0.29, 0.717) is 17.8 Å². The van der Waals surface area contributed by atoms with Crippen molar-refractivity contribution in [2.45, 2.75) is 52.9 Å². The van der Waals surface area contributed by atoms with E-state index in [4.69, 9.17) is 9.57 Å². The van der Waals surface area contributed by atoms with Crippen LogP contribution in [0.4, 0.5) is 4.79 Å². The fraction of sp³-hybridized carbons (Fsp3) is 0.875. The van der Waals surface area contributed by atoms with Gasteiger partial charge in [-0.25, -0.2) is 4.79 Å². The zero-order valence-corrected chi connectivity index (χ0v) is 14.4. The molecule has 0 aromatic heterocycles. The number of amides is 1. The van der Waals surface area contributed by atoms with Crippen molar-refractivity contribution in [2.75, 3.05) is 19.6 Å². The molecule has 2 heterocycles. The van der Waals surface area contributed by atoms with Crippen LogP contribution in [0.15, 0.2) is 5.16 Å². The Kier molecular flexibility index (Phi) is 3.34. The number of oxime groups is 1. The molecule has 2 unspecified atom stereocenters. The molecule has 1 amide bonds. The summed E-state index contributed by atoms with van der Waals surface area (Å²) in [6.45, 7) is 14.3. The summed E-state index contributed by atoms with van der Waals surface area (Å²) in [6.07, 6.45) is -0.198. The molecular formula is C16H27N3O3. The Labute approximate surface area is 132 Å². The zero-order chi connectivity index (χ0) is 16.3. The number of rotatable bonds is 2. The van der Waals surface area contributed by atoms with Gasteiger partial charge in [-0.3, -0.25) is 0 Å². The number of hydrogen-bond donors (Lipinski definition) is 0. The summed E-state index contributed by atoms with van der Waals surface area (Å²) in [4.78, 5) is 21.7. The molecule has 1 saturated heterocycles. The molecule has 6 heteroatoms. The Balaban J connectivity index is 1.59. The van der Waals surface area contributed by atoms with Gasteiger partial charge in [0.05, 0.1) is 0 Å². The average molecular weight is 309 g/mol. The van der Waals surface area contributed by atoms with Crippen LogP contribution in [-0.2, 0) is 9.57 Å². The normalized spacial score (nSPS) is 32.5. The van der Waals surface area contributed by atoms with Gasteiger partial charge < -0.3 is 19.4 Å². The highest BCUT2D eigenvalue weighted by Gasteiger charge is 2.62. The topological polar surface area (TPSA) is 54.4 Å². The molecule has 1 saturated carbocycles. The first kappa shape index (κ1) is 15.4. The third-order valence-electron chi connectivity index (χ3n) is 4.75. The van der Waals surface area contributed by atoms with Crippen LogP contribution in [-0.4, -0.2) is 52.7 Å². The average Bonchev–Trinajstić information content (AvgIpc) is 2.76. The maximum atomic E-state index is 12.1. The molecule has 1 aliphatic carbocycles. The SMILES string of the molecule is CCN1C(C2C3CN(C(=O)OC(C)(C)C)CC32)=NOC1(C)C. The maximum absolute atomic E-state index is 12.1. The Bertz CT molecular complexity index is 497. The minimum absolute atomic E-state index is 0.198. The highest BCUT2D eigenvalue weighted by Crippen LogP contribution is 2.54. The van der Waals surface area contributed by atoms with Gasteiger partial charge in [-0.15, -0.1) is 0 Å². The number of ether oxygens (including phenoxy) is 1. The predicted octanol–water partition coefficient (Wildman–Crippen LogP) is 2.50. The summed E-state index contributed by atoms with van der Waals surface area (Å²) in [7, 11) is 0. The van der Waals surface area contributed by atoms with Crippen molar-refractivity contribution >= 4 is 11.9 Å². The number of likely N-dealkylation sites (tertiary alicyclic amines) is 1. The van der Waals surface area contributed by atoms with Crippen molar-refractivity contribution in [1.82, 2.24) is 9.80 Å². The van der Waals surface area contributed by atoms with E-state index in [0.717, 1.165) is 25.5 Å². The minimum atomic E-state index is -0.435. The van der Waals surface area contributed by atoms with E-state index in [2.05, 4.69) is 17.0 Å². The number of piperidine rings is 1. The first-order valence-corrected chi connectivity index (χ1v) is 8.15. The highest BCUT2D eigenvalue weighted by molar-refractivity contribution is 5.89. The van der Waals surface area contributed by atoms with E-state index >= 15 is 0 Å². The van der Waals surface area contributed by atoms with Crippen LogP contribution >= 0.6 is 0 Å². The molecule has 22 heavy (non-hydrogen) atoms. The molecule has 6 nitrogen and oxygen atoms in total. The van der Waals surface area contributed by atoms with Crippen molar-refractivity contribution in [1.29, 1.82) is 0 Å². The fourth-order valence-electron chi connectivity index (χ4n) is 3.70. The number of fused-ring (bicyclic) bond motifs is 1. The molecule has 0 aromatic carbocycles. The van der Waals surface area contributed by atoms with E-state index in [-0.39, 0.29) is 11.8 Å². The summed E-state index contributed by atoms with van der Waals surface area (Å²) in [5.41, 5.74) is -0.790. The first-order chi connectivity index (χ1) is 10.1. The summed E-state index contributed by atoms with van der Waals surface area (Å²) in [6, 6.07) is 0. The number of hydrogen-bond acceptors (Lipinski definition) is 5. The molecule has 3 rings (SSSR count).